The summed E-state index contributed by atoms with van der Waals surface area (Å²) >= 11 is 0. The molecule has 0 amide bonds. The molecular formula is C31H32N2O. The molecule has 0 unspecified atom stereocenters. The standard InChI is InChI=1S/C31H32N2O/c1-3-32(21-27-9-5-4-8-24(27)2)29-16-12-25(13-17-29)20-26-14-18-30(19-15-26)33-22-28-10-6-7-11-31(28)34-23-33/h4-19H,3,20-23H2,1-2H3. The van der Waals surface area contributed by atoms with Crippen molar-refractivity contribution in [1.82, 2.24) is 0 Å². The van der Waals surface area contributed by atoms with Gasteiger partial charge in [-0.3, -0.25) is 0 Å². The smallest absolute Gasteiger partial charge is 0.161 e. The third-order valence-corrected chi connectivity index (χ3v) is 6.73. The van der Waals surface area contributed by atoms with Crippen molar-refractivity contribution in [1.29, 1.82) is 0 Å². The maximum atomic E-state index is 5.92. The Bertz CT molecular complexity index is 1230. The van der Waals surface area contributed by atoms with Crippen LogP contribution in [0.3, 0.4) is 0 Å². The van der Waals surface area contributed by atoms with Crippen LogP contribution in [0.25, 0.3) is 0 Å². The van der Waals surface area contributed by atoms with Gasteiger partial charge in [0.25, 0.3) is 0 Å². The van der Waals surface area contributed by atoms with Gasteiger partial charge in [-0.15, -0.1) is 0 Å². The lowest BCUT2D eigenvalue weighted by molar-refractivity contribution is 0.289. The van der Waals surface area contributed by atoms with Crippen LogP contribution in [0, 0.1) is 6.92 Å². The first-order valence-corrected chi connectivity index (χ1v) is 12.1. The van der Waals surface area contributed by atoms with E-state index >= 15 is 0 Å². The van der Waals surface area contributed by atoms with E-state index in [1.807, 2.05) is 12.1 Å². The summed E-state index contributed by atoms with van der Waals surface area (Å²) in [5, 5.41) is 0. The van der Waals surface area contributed by atoms with Gasteiger partial charge in [-0.1, -0.05) is 66.7 Å². The molecule has 0 radical (unpaired) electrons. The zero-order valence-electron chi connectivity index (χ0n) is 20.1. The Morgan fingerprint density at radius 3 is 2.21 bits per heavy atom. The monoisotopic (exact) mass is 448 g/mol. The Morgan fingerprint density at radius 2 is 1.47 bits per heavy atom. The molecule has 3 nitrogen and oxygen atoms in total. The molecule has 0 spiro atoms. The van der Waals surface area contributed by atoms with E-state index in [0.29, 0.717) is 6.73 Å². The molecule has 0 saturated carbocycles. The number of benzene rings is 4. The molecule has 4 aromatic carbocycles. The number of aryl methyl sites for hydroxylation is 1. The van der Waals surface area contributed by atoms with E-state index in [9.17, 15) is 0 Å². The van der Waals surface area contributed by atoms with Crippen molar-refractivity contribution in [3.63, 3.8) is 0 Å². The lowest BCUT2D eigenvalue weighted by Gasteiger charge is -2.30. The summed E-state index contributed by atoms with van der Waals surface area (Å²) in [6.45, 7) is 7.81. The molecule has 3 heteroatoms. The van der Waals surface area contributed by atoms with Crippen LogP contribution in [0.15, 0.2) is 97.1 Å². The molecule has 0 N–H and O–H groups in total. The fourth-order valence-electron chi connectivity index (χ4n) is 4.60. The minimum absolute atomic E-state index is 0.592. The summed E-state index contributed by atoms with van der Waals surface area (Å²) < 4.78 is 5.92. The zero-order valence-corrected chi connectivity index (χ0v) is 20.1. The average molecular weight is 449 g/mol. The number of hydrogen-bond acceptors (Lipinski definition) is 3. The number of nitrogens with zero attached hydrogens (tertiary/aromatic N) is 2. The van der Waals surface area contributed by atoms with E-state index in [1.165, 1.54) is 39.2 Å². The largest absolute Gasteiger partial charge is 0.473 e. The van der Waals surface area contributed by atoms with Crippen LogP contribution in [-0.2, 0) is 19.5 Å². The Hall–Kier alpha value is -3.72. The van der Waals surface area contributed by atoms with Crippen LogP contribution in [0.5, 0.6) is 5.75 Å². The molecule has 0 saturated heterocycles. The average Bonchev–Trinajstić information content (AvgIpc) is 2.89. The van der Waals surface area contributed by atoms with Crippen LogP contribution in [0.2, 0.25) is 0 Å². The Kier molecular flexibility index (Phi) is 6.53. The topological polar surface area (TPSA) is 15.7 Å². The van der Waals surface area contributed by atoms with E-state index in [4.69, 9.17) is 4.74 Å². The van der Waals surface area contributed by atoms with E-state index < -0.39 is 0 Å². The van der Waals surface area contributed by atoms with Gasteiger partial charge in [0.05, 0.1) is 0 Å². The quantitative estimate of drug-likeness (QED) is 0.304. The summed E-state index contributed by atoms with van der Waals surface area (Å²) in [5.74, 6) is 0.999. The number of ether oxygens (including phenoxy) is 1. The van der Waals surface area contributed by atoms with Gasteiger partial charge in [0.1, 0.15) is 5.75 Å². The molecule has 4 aromatic rings. The van der Waals surface area contributed by atoms with Gasteiger partial charge in [0, 0.05) is 36.6 Å². The minimum Gasteiger partial charge on any atom is -0.473 e. The Balaban J connectivity index is 1.22. The first kappa shape index (κ1) is 22.1. The van der Waals surface area contributed by atoms with Crippen molar-refractivity contribution in [2.24, 2.45) is 0 Å². The second-order valence-corrected chi connectivity index (χ2v) is 9.03. The predicted octanol–water partition coefficient (Wildman–Crippen LogP) is 6.97. The summed E-state index contributed by atoms with van der Waals surface area (Å²) in [6, 6.07) is 34.9. The summed E-state index contributed by atoms with van der Waals surface area (Å²) in [4.78, 5) is 4.70. The second-order valence-electron chi connectivity index (χ2n) is 9.03. The normalized spacial score (nSPS) is 12.7. The van der Waals surface area contributed by atoms with Gasteiger partial charge in [-0.2, -0.15) is 0 Å². The third kappa shape index (κ3) is 4.94. The highest BCUT2D eigenvalue weighted by Gasteiger charge is 2.17. The highest BCUT2D eigenvalue weighted by molar-refractivity contribution is 5.52. The van der Waals surface area contributed by atoms with E-state index in [1.54, 1.807) is 0 Å². The van der Waals surface area contributed by atoms with Crippen molar-refractivity contribution in [3.8, 4) is 5.75 Å². The first-order chi connectivity index (χ1) is 16.7. The van der Waals surface area contributed by atoms with Crippen LogP contribution in [0.1, 0.15) is 34.7 Å². The van der Waals surface area contributed by atoms with Gasteiger partial charge < -0.3 is 14.5 Å². The van der Waals surface area contributed by atoms with E-state index in [0.717, 1.165) is 31.8 Å². The Morgan fingerprint density at radius 1 is 0.794 bits per heavy atom. The van der Waals surface area contributed by atoms with Gasteiger partial charge in [0.15, 0.2) is 6.73 Å². The van der Waals surface area contributed by atoms with Crippen molar-refractivity contribution >= 4 is 11.4 Å². The maximum absolute atomic E-state index is 5.92. The molecule has 0 aromatic heterocycles. The molecule has 5 rings (SSSR count). The van der Waals surface area contributed by atoms with E-state index in [-0.39, 0.29) is 0 Å². The van der Waals surface area contributed by atoms with Crippen LogP contribution in [-0.4, -0.2) is 13.3 Å². The van der Waals surface area contributed by atoms with Gasteiger partial charge >= 0.3 is 0 Å². The number of anilines is 2. The van der Waals surface area contributed by atoms with Crippen LogP contribution in [0.4, 0.5) is 11.4 Å². The van der Waals surface area contributed by atoms with Crippen molar-refractivity contribution < 1.29 is 4.74 Å². The van der Waals surface area contributed by atoms with Gasteiger partial charge in [-0.05, 0) is 72.9 Å². The molecule has 34 heavy (non-hydrogen) atoms. The van der Waals surface area contributed by atoms with Crippen LogP contribution >= 0.6 is 0 Å². The highest BCUT2D eigenvalue weighted by atomic mass is 16.5. The molecule has 1 heterocycles. The predicted molar refractivity (Wildman–Crippen MR) is 142 cm³/mol. The first-order valence-electron chi connectivity index (χ1n) is 12.1. The van der Waals surface area contributed by atoms with Crippen LogP contribution < -0.4 is 14.5 Å². The highest BCUT2D eigenvalue weighted by Crippen LogP contribution is 2.28. The molecular weight excluding hydrogens is 416 g/mol. The third-order valence-electron chi connectivity index (χ3n) is 6.73. The molecule has 0 atom stereocenters. The second kappa shape index (κ2) is 10.0. The number of fused-ring (bicyclic) bond motifs is 1. The fraction of sp³-hybridized carbons (Fsp3) is 0.226. The fourth-order valence-corrected chi connectivity index (χ4v) is 4.60. The van der Waals surface area contributed by atoms with Gasteiger partial charge in [0.2, 0.25) is 0 Å². The molecule has 1 aliphatic rings. The van der Waals surface area contributed by atoms with Crippen molar-refractivity contribution in [3.05, 3.63) is 125 Å². The summed E-state index contributed by atoms with van der Waals surface area (Å²) in [7, 11) is 0. The molecule has 0 aliphatic carbocycles. The maximum Gasteiger partial charge on any atom is 0.161 e. The zero-order chi connectivity index (χ0) is 23.3. The number of para-hydroxylation sites is 1. The molecule has 0 fully saturated rings. The Labute approximate surface area is 203 Å². The van der Waals surface area contributed by atoms with Crippen molar-refractivity contribution in [2.45, 2.75) is 33.4 Å². The number of hydrogen-bond donors (Lipinski definition) is 0. The summed E-state index contributed by atoms with van der Waals surface area (Å²) in [6.07, 6.45) is 0.934. The number of rotatable bonds is 7. The lowest BCUT2D eigenvalue weighted by atomic mass is 10.0. The molecule has 1 aliphatic heterocycles. The molecule has 0 bridgehead atoms. The molecule has 172 valence electrons. The minimum atomic E-state index is 0.592. The van der Waals surface area contributed by atoms with Crippen molar-refractivity contribution in [2.75, 3.05) is 23.1 Å². The lowest BCUT2D eigenvalue weighted by Crippen LogP contribution is -2.31. The summed E-state index contributed by atoms with van der Waals surface area (Å²) in [5.41, 5.74) is 9.10. The SMILES string of the molecule is CCN(Cc1ccccc1C)c1ccc(Cc2ccc(N3COc4ccccc4C3)cc2)cc1. The van der Waals surface area contributed by atoms with Gasteiger partial charge in [-0.25, -0.2) is 0 Å². The van der Waals surface area contributed by atoms with E-state index in [2.05, 4.69) is 109 Å².